The van der Waals surface area contributed by atoms with Gasteiger partial charge in [0, 0.05) is 71.4 Å². The quantitative estimate of drug-likeness (QED) is 0.0440. The summed E-state index contributed by atoms with van der Waals surface area (Å²) in [5, 5.41) is 9.19. The molecule has 8 aliphatic carbocycles. The van der Waals surface area contributed by atoms with Gasteiger partial charge in [-0.15, -0.1) is 0 Å². The Morgan fingerprint density at radius 1 is 0.719 bits per heavy atom. The molecule has 2 amide bonds. The Balaban J connectivity index is 0.000000264. The summed E-state index contributed by atoms with van der Waals surface area (Å²) in [6, 6.07) is 0.974. The maximum atomic E-state index is 12.3. The summed E-state index contributed by atoms with van der Waals surface area (Å²) >= 11 is 0. The van der Waals surface area contributed by atoms with Gasteiger partial charge in [0.15, 0.2) is 11.6 Å². The average molecular weight is 1350 g/mol. The van der Waals surface area contributed by atoms with Gasteiger partial charge >= 0.3 is 66.1 Å². The number of esters is 2. The Hall–Kier alpha value is -3.73. The van der Waals surface area contributed by atoms with Crippen molar-refractivity contribution in [3.63, 3.8) is 0 Å². The Morgan fingerprint density at radius 2 is 1.21 bits per heavy atom. The number of nitrogens with one attached hydrogen (secondary N) is 3. The van der Waals surface area contributed by atoms with Gasteiger partial charge in [-0.1, -0.05) is 68.1 Å². The van der Waals surface area contributed by atoms with Crippen molar-refractivity contribution in [2.45, 2.75) is 279 Å². The van der Waals surface area contributed by atoms with Crippen LogP contribution in [-0.2, 0) is 57.1 Å². The van der Waals surface area contributed by atoms with E-state index < -0.39 is 29.2 Å². The largest absolute Gasteiger partial charge is 1.00 e. The molecule has 19 nitrogen and oxygen atoms in total. The molecule has 1 radical (unpaired) electrons. The second-order valence-corrected chi connectivity index (χ2v) is 32.5. The van der Waals surface area contributed by atoms with Gasteiger partial charge in [-0.05, 0) is 241 Å². The molecular weight excluding hydrogens is 1230 g/mol. The normalized spacial score (nSPS) is 36.0. The van der Waals surface area contributed by atoms with Crippen LogP contribution in [0.3, 0.4) is 0 Å². The van der Waals surface area contributed by atoms with Crippen molar-refractivity contribution in [1.29, 1.82) is 0 Å². The predicted molar refractivity (Wildman–Crippen MR) is 366 cm³/mol. The molecule has 0 bridgehead atoms. The molecule has 8 fully saturated rings. The van der Waals surface area contributed by atoms with E-state index in [1.54, 1.807) is 43.1 Å². The first kappa shape index (κ1) is 82.9. The fourth-order valence-corrected chi connectivity index (χ4v) is 19.8. The van der Waals surface area contributed by atoms with E-state index >= 15 is 0 Å². The summed E-state index contributed by atoms with van der Waals surface area (Å²) in [4.78, 5) is 78.3. The van der Waals surface area contributed by atoms with Crippen LogP contribution >= 0.6 is 0 Å². The van der Waals surface area contributed by atoms with Crippen LogP contribution in [0.15, 0.2) is 45.6 Å². The average Bonchev–Trinajstić information content (AvgIpc) is 1.56. The Labute approximate surface area is 597 Å². The van der Waals surface area contributed by atoms with Gasteiger partial charge in [-0.2, -0.15) is 6.92 Å². The fourth-order valence-electron chi connectivity index (χ4n) is 19.8. The number of fused-ring (bicyclic) bond motifs is 12. The third kappa shape index (κ3) is 19.9. The number of nitrogens with zero attached hydrogens (tertiary/aromatic N) is 1. The number of alkyl carbamates (subject to hydrolysis) is 2. The van der Waals surface area contributed by atoms with Gasteiger partial charge < -0.3 is 49.3 Å². The molecule has 21 heteroatoms. The van der Waals surface area contributed by atoms with Gasteiger partial charge in [0.2, 0.25) is 0 Å². The Morgan fingerprint density at radius 3 is 1.70 bits per heavy atom. The van der Waals surface area contributed by atoms with Crippen molar-refractivity contribution in [2.24, 2.45) is 64.1 Å². The Bertz CT molecular complexity index is 2870. The van der Waals surface area contributed by atoms with Crippen molar-refractivity contribution < 1.29 is 102 Å². The van der Waals surface area contributed by atoms with E-state index in [1.165, 1.54) is 103 Å². The molecule has 4 saturated heterocycles. The number of ether oxygens (including phenoxy) is 6. The molecule has 4 saturated carbocycles. The van der Waals surface area contributed by atoms with Crippen molar-refractivity contribution in [1.82, 2.24) is 20.9 Å². The van der Waals surface area contributed by atoms with E-state index in [2.05, 4.69) is 86.5 Å². The van der Waals surface area contributed by atoms with E-state index in [0.29, 0.717) is 60.0 Å². The minimum Gasteiger partial charge on any atom is 1.00 e. The predicted octanol–water partition coefficient (Wildman–Crippen LogP) is 9.20. The first-order valence-electron chi connectivity index (χ1n) is 35.5. The SMILES string of the molecule is CC(=O)OC(C)=O.CC1=C2C[C@H]3[C@@H](CCC4=CC(=O)CC[C@@]43C)[C@@H]2CC[C@@]2(C1)O[C@@H]1C[C@H](C)CN(CCNC(=O)OC(C)(C)C)[C@H]1[C@H]2C.CC1=C2C[C@H]3[C@@H](CCC4=CC(=O)CC[C@@]43C)[C@@H]2CC[C@]2(C1)C[C@@H]1NC[C@@H](C)C[C@H]1O2.COCNC(=O)OC(C)(C)C.C[C-]=O.O.[B]=O.[Na+]. The van der Waals surface area contributed by atoms with Gasteiger partial charge in [-0.25, -0.2) is 9.59 Å². The number of amides is 2. The molecule has 0 aromatic carbocycles. The maximum Gasteiger partial charge on any atom is 1.00 e. The van der Waals surface area contributed by atoms with E-state index in [1.807, 2.05) is 32.9 Å². The second-order valence-electron chi connectivity index (χ2n) is 32.5. The van der Waals surface area contributed by atoms with Crippen LogP contribution in [0.25, 0.3) is 0 Å². The maximum absolute atomic E-state index is 12.3. The van der Waals surface area contributed by atoms with Crippen LogP contribution < -0.4 is 45.5 Å². The summed E-state index contributed by atoms with van der Waals surface area (Å²) in [6.07, 6.45) is 27.1. The molecule has 0 unspecified atom stereocenters. The number of hydrogen-bond acceptors (Lipinski definition) is 16. The first-order chi connectivity index (χ1) is 44.2. The molecule has 2 spiro atoms. The van der Waals surface area contributed by atoms with Crippen LogP contribution in [0.4, 0.5) is 9.59 Å². The van der Waals surface area contributed by atoms with Crippen LogP contribution in [-0.4, -0.2) is 147 Å². The molecule has 4 aliphatic heterocycles. The number of allylic oxidation sites excluding steroid dienone is 6. The van der Waals surface area contributed by atoms with Crippen LogP contribution in [0.2, 0.25) is 0 Å². The van der Waals surface area contributed by atoms with Crippen LogP contribution in [0.1, 0.15) is 233 Å². The molecular formula is C75H119BN4NaO15. The molecule has 5 N–H and O–H groups in total. The van der Waals surface area contributed by atoms with Crippen molar-refractivity contribution in [3.05, 3.63) is 45.6 Å². The minimum atomic E-state index is -0.562. The summed E-state index contributed by atoms with van der Waals surface area (Å²) < 4.78 is 40.8. The Kier molecular flexibility index (Phi) is 30.0. The molecule has 96 heavy (non-hydrogen) atoms. The topological polar surface area (TPSA) is 263 Å². The number of ketones is 2. The number of piperidine rings is 2. The summed E-state index contributed by atoms with van der Waals surface area (Å²) in [6.45, 7) is 35.6. The molecule has 17 atom stereocenters. The molecule has 533 valence electrons. The summed E-state index contributed by atoms with van der Waals surface area (Å²) in [7, 11) is 4.75. The molecule has 4 heterocycles. The third-order valence-electron chi connectivity index (χ3n) is 23.6. The van der Waals surface area contributed by atoms with Crippen molar-refractivity contribution >= 4 is 49.7 Å². The van der Waals surface area contributed by atoms with Crippen LogP contribution in [0, 0.1) is 64.1 Å². The van der Waals surface area contributed by atoms with Crippen molar-refractivity contribution in [3.8, 4) is 0 Å². The zero-order chi connectivity index (χ0) is 69.5. The van der Waals surface area contributed by atoms with Crippen molar-refractivity contribution in [2.75, 3.05) is 40.0 Å². The number of carbonyl (C=O) groups is 6. The zero-order valence-corrected chi connectivity index (χ0v) is 63.9. The smallest absolute Gasteiger partial charge is 1.00 e. The molecule has 0 aromatic heterocycles. The fraction of sp³-hybridized carbons (Fsp3) is 0.800. The molecule has 0 aromatic rings. The van der Waals surface area contributed by atoms with E-state index in [-0.39, 0.29) is 76.0 Å². The van der Waals surface area contributed by atoms with E-state index in [4.69, 9.17) is 28.4 Å². The number of methoxy groups -OCH3 is 1. The molecule has 12 aliphatic rings. The number of rotatable bonds is 5. The zero-order valence-electron chi connectivity index (χ0n) is 61.9. The van der Waals surface area contributed by atoms with E-state index in [9.17, 15) is 28.8 Å². The van der Waals surface area contributed by atoms with Gasteiger partial charge in [0.05, 0.1) is 23.4 Å². The van der Waals surface area contributed by atoms with Gasteiger partial charge in [-0.3, -0.25) is 35.7 Å². The number of carbonyl (C=O) groups excluding carboxylic acids is 7. The monoisotopic (exact) mass is 1350 g/mol. The number of likely N-dealkylation sites (tertiary alicyclic amines) is 1. The first-order valence-corrected chi connectivity index (χ1v) is 35.5. The second kappa shape index (κ2) is 34.8. The number of hydrogen-bond donors (Lipinski definition) is 3. The minimum absolute atomic E-state index is 0. The van der Waals surface area contributed by atoms with Gasteiger partial charge in [0.25, 0.3) is 0 Å². The van der Waals surface area contributed by atoms with Crippen LogP contribution in [0.5, 0.6) is 0 Å². The third-order valence-corrected chi connectivity index (χ3v) is 23.6. The van der Waals surface area contributed by atoms with E-state index in [0.717, 1.165) is 113 Å². The summed E-state index contributed by atoms with van der Waals surface area (Å²) in [5.41, 5.74) is 9.27. The molecule has 12 rings (SSSR count). The standard InChI is InChI=1S/C35H54N2O4.C27H39NO2.C7H15NO3.C4H6O3.C2H3O.BO.Na.H2O/c1-21-16-30-31(37(20-21)15-14-36-32(39)41-33(4,5)6)23(3)35(40-30)13-11-26-27-9-8-24-17-25(38)10-12-34(24,7)29(27)18-28(26)22(2)19-35;1-16-10-25-24(28-15-16)14-27(30-25)9-7-20-21-5-4-18-11-19(29)6-8-26(18,3)23(21)12-22(20)17(2)13-27;1-7(2,3)11-6(9)8-5-10-4;1-3(5)7-4(2)6;1-2-3;1-2;;/h17,21,23,26-27,29-31H,8-16,18-20H2,1-7H3,(H,36,39);11,16,20-21,23-25,28H,4-10,12-15H2,1-3H3;5H2,1-4H3,(H,8,9);1-2H3;1H3;;;1H2/q;;;;-1;;+1;/t21-,23+,26-,27-,29-,30+,31-,34-,35-;16-,20-,21-,23-,24-,25+,26-,27-;;;;;;/m00....../s1. The summed E-state index contributed by atoms with van der Waals surface area (Å²) in [5.74, 6) is 5.83. The van der Waals surface area contributed by atoms with Gasteiger partial charge in [0.1, 0.15) is 17.9 Å².